The minimum Gasteiger partial charge on any atom is -0.377 e. The highest BCUT2D eigenvalue weighted by Crippen LogP contribution is 2.41. The van der Waals surface area contributed by atoms with E-state index in [1.54, 1.807) is 17.5 Å². The normalized spacial score (nSPS) is 27.2. The fraction of sp³-hybridized carbons (Fsp3) is 0.455. The molecule has 4 nitrogen and oxygen atoms in total. The molecule has 0 N–H and O–H groups in total. The Balaban J connectivity index is 1.79. The van der Waals surface area contributed by atoms with E-state index in [1.165, 1.54) is 6.42 Å². The van der Waals surface area contributed by atoms with Gasteiger partial charge in [-0.2, -0.15) is 0 Å². The number of thiazole rings is 1. The molecule has 88 valence electrons. The standard InChI is InChI=1S/C11H10ClN3OS/c12-10-9-8(1-2-13-10)14-11(17-9)15-6-3-7(15)5-16-4-6/h1-2,6-7H,3-5H2. The van der Waals surface area contributed by atoms with Crippen molar-refractivity contribution < 1.29 is 4.74 Å². The van der Waals surface area contributed by atoms with Gasteiger partial charge < -0.3 is 9.64 Å². The first-order valence-corrected chi connectivity index (χ1v) is 6.79. The molecule has 0 radical (unpaired) electrons. The minimum absolute atomic E-state index is 0.501. The van der Waals surface area contributed by atoms with Gasteiger partial charge in [0.25, 0.3) is 0 Å². The van der Waals surface area contributed by atoms with Crippen LogP contribution in [0.3, 0.4) is 0 Å². The van der Waals surface area contributed by atoms with Gasteiger partial charge in [-0.3, -0.25) is 0 Å². The largest absolute Gasteiger partial charge is 0.377 e. The molecule has 2 aliphatic rings. The highest BCUT2D eigenvalue weighted by molar-refractivity contribution is 7.22. The molecule has 2 unspecified atom stereocenters. The molecule has 4 rings (SSSR count). The number of anilines is 1. The number of morpholine rings is 1. The molecule has 0 spiro atoms. The molecule has 0 aliphatic carbocycles. The monoisotopic (exact) mass is 267 g/mol. The summed E-state index contributed by atoms with van der Waals surface area (Å²) in [5.74, 6) is 0. The van der Waals surface area contributed by atoms with Crippen molar-refractivity contribution in [2.45, 2.75) is 18.5 Å². The number of hydrogen-bond donors (Lipinski definition) is 0. The number of pyridine rings is 1. The quantitative estimate of drug-likeness (QED) is 0.744. The lowest BCUT2D eigenvalue weighted by molar-refractivity contribution is 0.0103. The summed E-state index contributed by atoms with van der Waals surface area (Å²) in [6, 6.07) is 2.91. The smallest absolute Gasteiger partial charge is 0.187 e. The van der Waals surface area contributed by atoms with Gasteiger partial charge in [0.05, 0.1) is 35.5 Å². The summed E-state index contributed by atoms with van der Waals surface area (Å²) in [4.78, 5) is 11.1. The molecular weight excluding hydrogens is 258 g/mol. The number of ether oxygens (including phenoxy) is 1. The van der Waals surface area contributed by atoms with E-state index >= 15 is 0 Å². The van der Waals surface area contributed by atoms with Gasteiger partial charge in [-0.1, -0.05) is 22.9 Å². The van der Waals surface area contributed by atoms with Crippen LogP contribution in [0.2, 0.25) is 5.15 Å². The Labute approximate surface area is 107 Å². The number of halogens is 1. The molecule has 2 atom stereocenters. The van der Waals surface area contributed by atoms with Crippen LogP contribution in [0.1, 0.15) is 6.42 Å². The highest BCUT2D eigenvalue weighted by Gasteiger charge is 2.43. The van der Waals surface area contributed by atoms with Gasteiger partial charge in [0.2, 0.25) is 0 Å². The fourth-order valence-corrected chi connectivity index (χ4v) is 3.93. The first kappa shape index (κ1) is 10.1. The summed E-state index contributed by atoms with van der Waals surface area (Å²) in [5.41, 5.74) is 0.941. The van der Waals surface area contributed by atoms with Crippen molar-refractivity contribution in [3.63, 3.8) is 0 Å². The van der Waals surface area contributed by atoms with Crippen molar-refractivity contribution >= 4 is 38.3 Å². The Morgan fingerprint density at radius 3 is 2.94 bits per heavy atom. The molecule has 17 heavy (non-hydrogen) atoms. The summed E-state index contributed by atoms with van der Waals surface area (Å²) in [6.45, 7) is 1.64. The van der Waals surface area contributed by atoms with Gasteiger partial charge in [-0.05, 0) is 12.5 Å². The van der Waals surface area contributed by atoms with E-state index in [0.717, 1.165) is 28.6 Å². The maximum absolute atomic E-state index is 6.07. The van der Waals surface area contributed by atoms with Gasteiger partial charge in [0.1, 0.15) is 5.15 Å². The zero-order valence-electron chi connectivity index (χ0n) is 8.97. The zero-order valence-corrected chi connectivity index (χ0v) is 10.5. The summed E-state index contributed by atoms with van der Waals surface area (Å²) < 4.78 is 6.46. The molecule has 6 heteroatoms. The summed E-state index contributed by atoms with van der Waals surface area (Å²) >= 11 is 7.70. The molecule has 2 saturated heterocycles. The van der Waals surface area contributed by atoms with Gasteiger partial charge in [-0.15, -0.1) is 0 Å². The van der Waals surface area contributed by atoms with E-state index in [4.69, 9.17) is 16.3 Å². The number of hydrogen-bond acceptors (Lipinski definition) is 5. The third-order valence-electron chi connectivity index (χ3n) is 3.42. The lowest BCUT2D eigenvalue weighted by Crippen LogP contribution is -2.64. The van der Waals surface area contributed by atoms with Crippen LogP contribution >= 0.6 is 22.9 Å². The predicted octanol–water partition coefficient (Wildman–Crippen LogP) is 2.32. The van der Waals surface area contributed by atoms with Crippen LogP contribution < -0.4 is 4.90 Å². The number of nitrogens with zero attached hydrogens (tertiary/aromatic N) is 3. The molecule has 2 bridgehead atoms. The third-order valence-corrected chi connectivity index (χ3v) is 4.91. The molecule has 2 aromatic rings. The van der Waals surface area contributed by atoms with Gasteiger partial charge in [0, 0.05) is 6.20 Å². The molecule has 4 heterocycles. The SMILES string of the molecule is Clc1nccc2nc(N3C4COCC3C4)sc12. The van der Waals surface area contributed by atoms with Gasteiger partial charge in [-0.25, -0.2) is 9.97 Å². The van der Waals surface area contributed by atoms with Crippen LogP contribution in [0.15, 0.2) is 12.3 Å². The molecule has 2 fully saturated rings. The maximum Gasteiger partial charge on any atom is 0.187 e. The Hall–Kier alpha value is -0.910. The van der Waals surface area contributed by atoms with Gasteiger partial charge in [0.15, 0.2) is 5.13 Å². The Morgan fingerprint density at radius 2 is 2.24 bits per heavy atom. The van der Waals surface area contributed by atoms with Crippen molar-refractivity contribution in [3.05, 3.63) is 17.4 Å². The molecule has 2 aliphatic heterocycles. The second kappa shape index (κ2) is 3.54. The first-order valence-electron chi connectivity index (χ1n) is 5.60. The molecule has 0 amide bonds. The van der Waals surface area contributed by atoms with Crippen LogP contribution in [0.25, 0.3) is 10.2 Å². The zero-order chi connectivity index (χ0) is 11.4. The number of aromatic nitrogens is 2. The maximum atomic E-state index is 6.07. The molecule has 2 aromatic heterocycles. The van der Waals surface area contributed by atoms with Crippen molar-refractivity contribution in [1.82, 2.24) is 9.97 Å². The second-order valence-corrected chi connectivity index (χ2v) is 5.77. The molecule has 0 saturated carbocycles. The van der Waals surface area contributed by atoms with Crippen molar-refractivity contribution in [2.75, 3.05) is 18.1 Å². The molecule has 0 aromatic carbocycles. The van der Waals surface area contributed by atoms with Crippen molar-refractivity contribution in [2.24, 2.45) is 0 Å². The van der Waals surface area contributed by atoms with E-state index < -0.39 is 0 Å². The lowest BCUT2D eigenvalue weighted by atomic mass is 9.92. The number of rotatable bonds is 1. The van der Waals surface area contributed by atoms with Crippen LogP contribution in [0.4, 0.5) is 5.13 Å². The average molecular weight is 268 g/mol. The van der Waals surface area contributed by atoms with Crippen LogP contribution in [0, 0.1) is 0 Å². The van der Waals surface area contributed by atoms with Crippen molar-refractivity contribution in [3.8, 4) is 0 Å². The second-order valence-electron chi connectivity index (χ2n) is 4.43. The Bertz CT molecular complexity index is 573. The van der Waals surface area contributed by atoms with Crippen LogP contribution in [-0.4, -0.2) is 35.3 Å². The Kier molecular flexibility index (Phi) is 2.09. The fourth-order valence-electron chi connectivity index (χ4n) is 2.57. The summed E-state index contributed by atoms with van der Waals surface area (Å²) in [6.07, 6.45) is 2.93. The highest BCUT2D eigenvalue weighted by atomic mass is 35.5. The minimum atomic E-state index is 0.501. The predicted molar refractivity (Wildman–Crippen MR) is 67.9 cm³/mol. The van der Waals surface area contributed by atoms with E-state index in [-0.39, 0.29) is 0 Å². The van der Waals surface area contributed by atoms with E-state index in [2.05, 4.69) is 14.9 Å². The summed E-state index contributed by atoms with van der Waals surface area (Å²) in [5, 5.41) is 1.60. The third kappa shape index (κ3) is 1.39. The van der Waals surface area contributed by atoms with Crippen molar-refractivity contribution in [1.29, 1.82) is 0 Å². The van der Waals surface area contributed by atoms with Crippen LogP contribution in [-0.2, 0) is 4.74 Å². The topological polar surface area (TPSA) is 38.2 Å². The van der Waals surface area contributed by atoms with E-state index in [0.29, 0.717) is 17.2 Å². The molecular formula is C11H10ClN3OS. The van der Waals surface area contributed by atoms with E-state index in [9.17, 15) is 0 Å². The number of fused-ring (bicyclic) bond motifs is 3. The first-order chi connectivity index (χ1) is 8.33. The Morgan fingerprint density at radius 1 is 1.41 bits per heavy atom. The summed E-state index contributed by atoms with van der Waals surface area (Å²) in [7, 11) is 0. The van der Waals surface area contributed by atoms with Gasteiger partial charge >= 0.3 is 0 Å². The lowest BCUT2D eigenvalue weighted by Gasteiger charge is -2.52. The van der Waals surface area contributed by atoms with E-state index in [1.807, 2.05) is 6.07 Å². The average Bonchev–Trinajstić information content (AvgIpc) is 2.74. The van der Waals surface area contributed by atoms with Crippen LogP contribution in [0.5, 0.6) is 0 Å².